The van der Waals surface area contributed by atoms with E-state index in [1.807, 2.05) is 6.92 Å². The highest BCUT2D eigenvalue weighted by molar-refractivity contribution is 14.1. The van der Waals surface area contributed by atoms with E-state index in [0.717, 1.165) is 0 Å². The van der Waals surface area contributed by atoms with Gasteiger partial charge in [-0.15, -0.1) is 0 Å². The van der Waals surface area contributed by atoms with Gasteiger partial charge in [0.05, 0.1) is 4.43 Å². The fourth-order valence-electron chi connectivity index (χ4n) is 0.827. The molecule has 0 saturated heterocycles. The summed E-state index contributed by atoms with van der Waals surface area (Å²) < 4.78 is 5.59. The lowest BCUT2D eigenvalue weighted by molar-refractivity contribution is 0.0942. The minimum absolute atomic E-state index is 0.0603. The third-order valence-electron chi connectivity index (χ3n) is 1.51. The molecule has 3 N–H and O–H groups in total. The predicted molar refractivity (Wildman–Crippen MR) is 60.2 cm³/mol. The molecular formula is C8H12IN3O2. The number of hydrogen-bond donors (Lipinski definition) is 2. The summed E-state index contributed by atoms with van der Waals surface area (Å²) in [5.74, 6) is 0.443. The van der Waals surface area contributed by atoms with Crippen molar-refractivity contribution in [1.29, 1.82) is 0 Å². The zero-order valence-corrected chi connectivity index (χ0v) is 9.95. The largest absolute Gasteiger partial charge is 0.360 e. The minimum atomic E-state index is -0.248. The molecular weight excluding hydrogens is 297 g/mol. The highest BCUT2D eigenvalue weighted by atomic mass is 127. The number of nitrogens with zero attached hydrogens (tertiary/aromatic N) is 1. The van der Waals surface area contributed by atoms with Crippen LogP contribution >= 0.6 is 22.6 Å². The number of rotatable bonds is 4. The van der Waals surface area contributed by atoms with E-state index < -0.39 is 0 Å². The highest BCUT2D eigenvalue weighted by Crippen LogP contribution is 2.07. The van der Waals surface area contributed by atoms with Gasteiger partial charge in [0.1, 0.15) is 5.76 Å². The van der Waals surface area contributed by atoms with E-state index in [9.17, 15) is 4.79 Å². The molecule has 5 nitrogen and oxygen atoms in total. The smallest absolute Gasteiger partial charge is 0.273 e. The summed E-state index contributed by atoms with van der Waals surface area (Å²) in [5.41, 5.74) is 5.79. The molecule has 1 aromatic rings. The Hall–Kier alpha value is -0.630. The second-order valence-corrected chi connectivity index (χ2v) is 3.76. The standard InChI is InChI=1S/C8H12IN3O2/c1-5(10)4-11-8(13)7-2-6(3-9)14-12-7/h2,5H,3-4,10H2,1H3,(H,11,13). The molecule has 1 heterocycles. The molecule has 14 heavy (non-hydrogen) atoms. The summed E-state index contributed by atoms with van der Waals surface area (Å²) in [4.78, 5) is 11.4. The van der Waals surface area contributed by atoms with Crippen molar-refractivity contribution in [2.24, 2.45) is 5.73 Å². The van der Waals surface area contributed by atoms with Crippen LogP contribution in [0.3, 0.4) is 0 Å². The first kappa shape index (κ1) is 11.4. The van der Waals surface area contributed by atoms with Crippen LogP contribution in [0.15, 0.2) is 10.6 Å². The Kier molecular flexibility index (Phi) is 4.33. The molecule has 1 amide bonds. The molecule has 0 aliphatic rings. The lowest BCUT2D eigenvalue weighted by Crippen LogP contribution is -2.35. The van der Waals surface area contributed by atoms with E-state index in [4.69, 9.17) is 10.3 Å². The van der Waals surface area contributed by atoms with Crippen LogP contribution in [0.2, 0.25) is 0 Å². The van der Waals surface area contributed by atoms with Crippen molar-refractivity contribution in [1.82, 2.24) is 10.5 Å². The van der Waals surface area contributed by atoms with Crippen molar-refractivity contribution in [2.75, 3.05) is 6.54 Å². The number of carbonyl (C=O) groups excluding carboxylic acids is 1. The third kappa shape index (κ3) is 3.26. The Morgan fingerprint density at radius 2 is 2.57 bits per heavy atom. The topological polar surface area (TPSA) is 81.1 Å². The molecule has 0 aliphatic heterocycles. The summed E-state index contributed by atoms with van der Waals surface area (Å²) in [6.07, 6.45) is 0. The number of halogens is 1. The van der Waals surface area contributed by atoms with E-state index in [0.29, 0.717) is 22.4 Å². The van der Waals surface area contributed by atoms with Crippen molar-refractivity contribution in [2.45, 2.75) is 17.4 Å². The van der Waals surface area contributed by atoms with Gasteiger partial charge in [-0.2, -0.15) is 0 Å². The van der Waals surface area contributed by atoms with E-state index in [2.05, 4.69) is 33.1 Å². The molecule has 0 spiro atoms. The zero-order valence-electron chi connectivity index (χ0n) is 7.79. The fourth-order valence-corrected chi connectivity index (χ4v) is 1.19. The zero-order chi connectivity index (χ0) is 10.6. The second-order valence-electron chi connectivity index (χ2n) is 3.00. The Morgan fingerprint density at radius 3 is 3.07 bits per heavy atom. The molecule has 0 aliphatic carbocycles. The van der Waals surface area contributed by atoms with Gasteiger partial charge >= 0.3 is 0 Å². The number of alkyl halides is 1. The van der Waals surface area contributed by atoms with Crippen molar-refractivity contribution >= 4 is 28.5 Å². The minimum Gasteiger partial charge on any atom is -0.360 e. The molecule has 0 aromatic carbocycles. The van der Waals surface area contributed by atoms with Crippen molar-refractivity contribution in [3.63, 3.8) is 0 Å². The van der Waals surface area contributed by atoms with Crippen molar-refractivity contribution < 1.29 is 9.32 Å². The fraction of sp³-hybridized carbons (Fsp3) is 0.500. The van der Waals surface area contributed by atoms with E-state index >= 15 is 0 Å². The molecule has 1 rings (SSSR count). The van der Waals surface area contributed by atoms with Crippen LogP contribution in [0.5, 0.6) is 0 Å². The summed E-state index contributed by atoms with van der Waals surface area (Å²) in [7, 11) is 0. The molecule has 0 bridgehead atoms. The van der Waals surface area contributed by atoms with Crippen molar-refractivity contribution in [3.05, 3.63) is 17.5 Å². The molecule has 0 fully saturated rings. The third-order valence-corrected chi connectivity index (χ3v) is 2.26. The van der Waals surface area contributed by atoms with Gasteiger partial charge in [-0.1, -0.05) is 27.7 Å². The molecule has 1 unspecified atom stereocenters. The van der Waals surface area contributed by atoms with E-state index in [1.165, 1.54) is 0 Å². The first-order valence-electron chi connectivity index (χ1n) is 4.19. The van der Waals surface area contributed by atoms with Gasteiger partial charge in [0.25, 0.3) is 5.91 Å². The van der Waals surface area contributed by atoms with Gasteiger partial charge in [-0.25, -0.2) is 0 Å². The van der Waals surface area contributed by atoms with Gasteiger partial charge in [0, 0.05) is 18.7 Å². The molecule has 0 saturated carbocycles. The quantitative estimate of drug-likeness (QED) is 0.633. The Labute approximate surface area is 95.5 Å². The van der Waals surface area contributed by atoms with Crippen molar-refractivity contribution in [3.8, 4) is 0 Å². The van der Waals surface area contributed by atoms with Gasteiger partial charge in [0.15, 0.2) is 5.69 Å². The van der Waals surface area contributed by atoms with Crippen LogP contribution in [0.1, 0.15) is 23.2 Å². The second kappa shape index (κ2) is 5.30. The number of carbonyl (C=O) groups is 1. The van der Waals surface area contributed by atoms with Gasteiger partial charge in [-0.3, -0.25) is 4.79 Å². The summed E-state index contributed by atoms with van der Waals surface area (Å²) in [6, 6.07) is 1.57. The van der Waals surface area contributed by atoms with Gasteiger partial charge < -0.3 is 15.6 Å². The molecule has 0 radical (unpaired) electrons. The molecule has 6 heteroatoms. The molecule has 1 aromatic heterocycles. The summed E-state index contributed by atoms with van der Waals surface area (Å²) in [5, 5.41) is 6.28. The highest BCUT2D eigenvalue weighted by Gasteiger charge is 2.11. The van der Waals surface area contributed by atoms with Crippen LogP contribution in [0.4, 0.5) is 0 Å². The SMILES string of the molecule is CC(N)CNC(=O)c1cc(CI)on1. The monoisotopic (exact) mass is 309 g/mol. The maximum Gasteiger partial charge on any atom is 0.273 e. The number of nitrogens with two attached hydrogens (primary N) is 1. The predicted octanol–water partition coefficient (Wildman–Crippen LogP) is 0.687. The maximum atomic E-state index is 11.4. The first-order chi connectivity index (χ1) is 6.63. The van der Waals surface area contributed by atoms with Gasteiger partial charge in [-0.05, 0) is 6.92 Å². The summed E-state index contributed by atoms with van der Waals surface area (Å²) >= 11 is 2.14. The Bertz CT molecular complexity index is 311. The lowest BCUT2D eigenvalue weighted by Gasteiger charge is -2.04. The van der Waals surface area contributed by atoms with Crippen LogP contribution in [0, 0.1) is 0 Å². The molecule has 78 valence electrons. The molecule has 1 atom stereocenters. The van der Waals surface area contributed by atoms with E-state index in [-0.39, 0.29) is 11.9 Å². The van der Waals surface area contributed by atoms with Gasteiger partial charge in [0.2, 0.25) is 0 Å². The number of amides is 1. The van der Waals surface area contributed by atoms with Crippen LogP contribution in [0.25, 0.3) is 0 Å². The lowest BCUT2D eigenvalue weighted by atomic mass is 10.3. The summed E-state index contributed by atoms with van der Waals surface area (Å²) in [6.45, 7) is 2.25. The average Bonchev–Trinajstić information content (AvgIpc) is 2.62. The van der Waals surface area contributed by atoms with Crippen LogP contribution in [-0.4, -0.2) is 23.7 Å². The normalized spacial score (nSPS) is 12.5. The number of hydrogen-bond acceptors (Lipinski definition) is 4. The van der Waals surface area contributed by atoms with Crippen LogP contribution in [-0.2, 0) is 4.43 Å². The average molecular weight is 309 g/mol. The number of aromatic nitrogens is 1. The maximum absolute atomic E-state index is 11.4. The van der Waals surface area contributed by atoms with E-state index in [1.54, 1.807) is 6.07 Å². The first-order valence-corrected chi connectivity index (χ1v) is 5.71. The van der Waals surface area contributed by atoms with Crippen LogP contribution < -0.4 is 11.1 Å². The number of nitrogens with one attached hydrogen (secondary N) is 1. The Morgan fingerprint density at radius 1 is 1.86 bits per heavy atom. The Balaban J connectivity index is 2.52.